The van der Waals surface area contributed by atoms with Crippen LogP contribution in [0.25, 0.3) is 0 Å². The Hall–Kier alpha value is -1.93. The summed E-state index contributed by atoms with van der Waals surface area (Å²) in [5, 5.41) is 10.3. The van der Waals surface area contributed by atoms with Crippen LogP contribution in [0.1, 0.15) is 38.2 Å². The highest BCUT2D eigenvalue weighted by molar-refractivity contribution is 7.99. The van der Waals surface area contributed by atoms with E-state index >= 15 is 0 Å². The first-order chi connectivity index (χ1) is 13.9. The van der Waals surface area contributed by atoms with E-state index in [1.54, 1.807) is 11.3 Å². The van der Waals surface area contributed by atoms with Crippen molar-refractivity contribution < 1.29 is 4.84 Å². The molecule has 3 heterocycles. The van der Waals surface area contributed by atoms with Gasteiger partial charge in [-0.1, -0.05) is 23.4 Å². The summed E-state index contributed by atoms with van der Waals surface area (Å²) in [4.78, 5) is 14.3. The van der Waals surface area contributed by atoms with Gasteiger partial charge in [0.25, 0.3) is 0 Å². The minimum atomic E-state index is -0.0440. The standard InChI is InChI=1S/C21H21ClN4OS2/c1-11-9-17(14(4)28-11)18-10-27-26-20(23-18)19-12(2)13(3)24-25-21(19)29-16-7-5-15(22)6-8-16/h5-9,18H,10H2,1-4H3,(H,23,26)/t18-/m1/s1. The number of nitrogens with one attached hydrogen (secondary N) is 1. The number of nitrogens with zero attached hydrogens (tertiary/aromatic N) is 3. The van der Waals surface area contributed by atoms with Crippen molar-refractivity contribution in [2.45, 2.75) is 43.7 Å². The molecule has 0 bridgehead atoms. The van der Waals surface area contributed by atoms with Crippen LogP contribution in [0.5, 0.6) is 0 Å². The van der Waals surface area contributed by atoms with Crippen molar-refractivity contribution in [3.05, 3.63) is 67.5 Å². The first-order valence-electron chi connectivity index (χ1n) is 9.22. The van der Waals surface area contributed by atoms with Gasteiger partial charge in [0.1, 0.15) is 17.7 Å². The maximum absolute atomic E-state index is 6.02. The zero-order chi connectivity index (χ0) is 20.5. The molecule has 3 aromatic rings. The lowest BCUT2D eigenvalue weighted by molar-refractivity contribution is 0.0620. The van der Waals surface area contributed by atoms with Gasteiger partial charge in [-0.15, -0.1) is 16.4 Å². The molecule has 8 heteroatoms. The summed E-state index contributed by atoms with van der Waals surface area (Å²) in [5.74, 6) is 0.691. The van der Waals surface area contributed by atoms with Gasteiger partial charge in [0.15, 0.2) is 5.84 Å². The molecule has 2 aromatic heterocycles. The lowest BCUT2D eigenvalue weighted by Crippen LogP contribution is -2.34. The molecule has 0 saturated heterocycles. The number of aromatic nitrogens is 2. The Morgan fingerprint density at radius 3 is 2.59 bits per heavy atom. The second kappa shape index (κ2) is 8.44. The molecule has 1 atom stereocenters. The molecule has 0 amide bonds. The Labute approximate surface area is 183 Å². The van der Waals surface area contributed by atoms with Crippen LogP contribution in [0.4, 0.5) is 0 Å². The molecule has 0 unspecified atom stereocenters. The van der Waals surface area contributed by atoms with E-state index in [4.69, 9.17) is 21.4 Å². The fourth-order valence-electron chi connectivity index (χ4n) is 3.22. The normalized spacial score (nSPS) is 16.4. The van der Waals surface area contributed by atoms with E-state index in [0.717, 1.165) is 26.7 Å². The molecule has 29 heavy (non-hydrogen) atoms. The van der Waals surface area contributed by atoms with Gasteiger partial charge < -0.3 is 0 Å². The monoisotopic (exact) mass is 444 g/mol. The second-order valence-electron chi connectivity index (χ2n) is 6.92. The number of hydrogen-bond donors (Lipinski definition) is 1. The third-order valence-corrected chi connectivity index (χ3v) is 7.04. The average molecular weight is 445 g/mol. The van der Waals surface area contributed by atoms with Crippen LogP contribution in [-0.4, -0.2) is 22.6 Å². The molecule has 4 rings (SSSR count). The summed E-state index contributed by atoms with van der Waals surface area (Å²) < 4.78 is 0. The van der Waals surface area contributed by atoms with Gasteiger partial charge in [0, 0.05) is 19.7 Å². The van der Waals surface area contributed by atoms with Crippen LogP contribution in [0.15, 0.2) is 45.2 Å². The Balaban J connectivity index is 1.75. The lowest BCUT2D eigenvalue weighted by atomic mass is 10.1. The summed E-state index contributed by atoms with van der Waals surface area (Å²) >= 11 is 9.35. The van der Waals surface area contributed by atoms with Gasteiger partial charge in [-0.2, -0.15) is 5.10 Å². The Morgan fingerprint density at radius 2 is 1.90 bits per heavy atom. The number of benzene rings is 1. The Bertz CT molecular complexity index is 1080. The highest BCUT2D eigenvalue weighted by atomic mass is 35.5. The number of hydrogen-bond acceptors (Lipinski definition) is 7. The zero-order valence-corrected chi connectivity index (χ0v) is 19.0. The van der Waals surface area contributed by atoms with Crippen LogP contribution in [0.3, 0.4) is 0 Å². The van der Waals surface area contributed by atoms with E-state index < -0.39 is 0 Å². The molecule has 1 aliphatic heterocycles. The third kappa shape index (κ3) is 4.33. The van der Waals surface area contributed by atoms with E-state index in [-0.39, 0.29) is 6.04 Å². The third-order valence-electron chi connectivity index (χ3n) is 4.82. The first kappa shape index (κ1) is 20.3. The van der Waals surface area contributed by atoms with Crippen LogP contribution in [0, 0.1) is 27.7 Å². The number of aliphatic imine (C=N–C) groups is 1. The zero-order valence-electron chi connectivity index (χ0n) is 16.6. The van der Waals surface area contributed by atoms with E-state index in [0.29, 0.717) is 17.5 Å². The van der Waals surface area contributed by atoms with Gasteiger partial charge in [0.2, 0.25) is 0 Å². The molecule has 0 aliphatic carbocycles. The van der Waals surface area contributed by atoms with Gasteiger partial charge in [-0.25, -0.2) is 5.48 Å². The molecule has 1 aromatic carbocycles. The quantitative estimate of drug-likeness (QED) is 0.567. The Morgan fingerprint density at radius 1 is 1.14 bits per heavy atom. The van der Waals surface area contributed by atoms with E-state index in [1.807, 2.05) is 38.1 Å². The lowest BCUT2D eigenvalue weighted by Gasteiger charge is -2.24. The number of thiophene rings is 1. The van der Waals surface area contributed by atoms with Gasteiger partial charge >= 0.3 is 0 Å². The average Bonchev–Trinajstić information content (AvgIpc) is 3.05. The molecule has 5 nitrogen and oxygen atoms in total. The highest BCUT2D eigenvalue weighted by Crippen LogP contribution is 2.34. The number of rotatable bonds is 4. The second-order valence-corrected chi connectivity index (χ2v) is 9.88. The van der Waals surface area contributed by atoms with Crippen molar-refractivity contribution in [2.75, 3.05) is 6.61 Å². The molecule has 0 radical (unpaired) electrons. The number of aryl methyl sites for hydroxylation is 3. The smallest absolute Gasteiger partial charge is 0.156 e. The van der Waals surface area contributed by atoms with Gasteiger partial charge in [-0.3, -0.25) is 9.83 Å². The molecule has 0 saturated carbocycles. The van der Waals surface area contributed by atoms with Gasteiger partial charge in [-0.05, 0) is 69.2 Å². The number of amidine groups is 1. The van der Waals surface area contributed by atoms with E-state index in [1.165, 1.54) is 27.1 Å². The van der Waals surface area contributed by atoms with Crippen LogP contribution in [-0.2, 0) is 4.84 Å². The summed E-state index contributed by atoms with van der Waals surface area (Å²) in [6.07, 6.45) is 0. The fraction of sp³-hybridized carbons (Fsp3) is 0.286. The molecule has 1 aliphatic rings. The molecule has 0 spiro atoms. The predicted molar refractivity (Wildman–Crippen MR) is 119 cm³/mol. The molecular weight excluding hydrogens is 424 g/mol. The summed E-state index contributed by atoms with van der Waals surface area (Å²) in [6, 6.07) is 9.84. The van der Waals surface area contributed by atoms with Crippen LogP contribution < -0.4 is 5.48 Å². The highest BCUT2D eigenvalue weighted by Gasteiger charge is 2.25. The minimum Gasteiger partial charge on any atom is -0.272 e. The molecule has 150 valence electrons. The summed E-state index contributed by atoms with van der Waals surface area (Å²) in [7, 11) is 0. The predicted octanol–water partition coefficient (Wildman–Crippen LogP) is 5.60. The van der Waals surface area contributed by atoms with Crippen molar-refractivity contribution in [1.82, 2.24) is 15.7 Å². The summed E-state index contributed by atoms with van der Waals surface area (Å²) in [5.41, 5.74) is 7.06. The Kier molecular flexibility index (Phi) is 5.92. The molecule has 1 N–H and O–H groups in total. The maximum atomic E-state index is 6.02. The fourth-order valence-corrected chi connectivity index (χ4v) is 5.25. The van der Waals surface area contributed by atoms with Crippen molar-refractivity contribution in [1.29, 1.82) is 0 Å². The molecule has 0 fully saturated rings. The van der Waals surface area contributed by atoms with E-state index in [9.17, 15) is 0 Å². The van der Waals surface area contributed by atoms with Gasteiger partial charge in [0.05, 0.1) is 11.3 Å². The van der Waals surface area contributed by atoms with Crippen LogP contribution in [0.2, 0.25) is 5.02 Å². The minimum absolute atomic E-state index is 0.0440. The SMILES string of the molecule is Cc1cc([C@H]2CONC(c3c(Sc4ccc(Cl)cc4)nnc(C)c3C)=N2)c(C)s1. The number of halogens is 1. The largest absolute Gasteiger partial charge is 0.272 e. The maximum Gasteiger partial charge on any atom is 0.156 e. The van der Waals surface area contributed by atoms with Crippen molar-refractivity contribution >= 4 is 40.5 Å². The topological polar surface area (TPSA) is 59.4 Å². The van der Waals surface area contributed by atoms with Crippen molar-refractivity contribution in [2.24, 2.45) is 4.99 Å². The molecular formula is C21H21ClN4OS2. The summed E-state index contributed by atoms with van der Waals surface area (Å²) in [6.45, 7) is 8.75. The van der Waals surface area contributed by atoms with E-state index in [2.05, 4.69) is 35.6 Å². The number of hydroxylamine groups is 1. The van der Waals surface area contributed by atoms with Crippen molar-refractivity contribution in [3.63, 3.8) is 0 Å². The first-order valence-corrected chi connectivity index (χ1v) is 11.2. The van der Waals surface area contributed by atoms with Crippen LogP contribution >= 0.6 is 34.7 Å². The van der Waals surface area contributed by atoms with Crippen molar-refractivity contribution in [3.8, 4) is 0 Å².